The molecule has 0 aliphatic rings. The maximum atomic E-state index is 8.64. The van der Waals surface area contributed by atoms with Crippen LogP contribution in [0.3, 0.4) is 0 Å². The van der Waals surface area contributed by atoms with Gasteiger partial charge in [0.25, 0.3) is 0 Å². The molecule has 0 atom stereocenters. The lowest BCUT2D eigenvalue weighted by atomic mass is 9.86. The van der Waals surface area contributed by atoms with Gasteiger partial charge in [-0.15, -0.1) is 0 Å². The van der Waals surface area contributed by atoms with Crippen LogP contribution in [-0.2, 0) is 11.8 Å². The highest BCUT2D eigenvalue weighted by Gasteiger charge is 2.19. The number of hydrogen-bond acceptors (Lipinski definition) is 2. The molecule has 0 saturated heterocycles. The number of furan rings is 1. The molecule has 3 heteroatoms. The zero-order chi connectivity index (χ0) is 28.2. The molecule has 190 valence electrons. The van der Waals surface area contributed by atoms with Crippen LogP contribution < -0.4 is 0 Å². The van der Waals surface area contributed by atoms with Crippen LogP contribution in [0.2, 0.25) is 0 Å². The number of para-hydroxylation sites is 2. The molecule has 6 rings (SSSR count). The van der Waals surface area contributed by atoms with Crippen LogP contribution in [0, 0.1) is 5.92 Å². The molecular formula is C35H34N2O. The van der Waals surface area contributed by atoms with Crippen molar-refractivity contribution in [1.82, 2.24) is 9.55 Å². The summed E-state index contributed by atoms with van der Waals surface area (Å²) in [5.74, 6) is 0.609. The molecule has 2 aromatic heterocycles. The standard InChI is InChI=1S/C35H34N2O/c1-23(2)20-24-10-19-33-29(21-24)30(22-38-33)34-36-31-8-6-7-9-32(31)37(34)28-17-13-26(14-18-28)25-11-15-27(16-12-25)35(3,4)5/h6-19,21-23H,20H2,1-5H3/i20D2. The van der Waals surface area contributed by atoms with Gasteiger partial charge in [-0.05, 0) is 76.4 Å². The van der Waals surface area contributed by atoms with Crippen LogP contribution in [0.15, 0.2) is 102 Å². The van der Waals surface area contributed by atoms with E-state index < -0.39 is 6.37 Å². The molecule has 0 aliphatic carbocycles. The second kappa shape index (κ2) is 9.33. The Balaban J connectivity index is 1.47. The summed E-state index contributed by atoms with van der Waals surface area (Å²) in [5.41, 5.74) is 8.87. The fourth-order valence-electron chi connectivity index (χ4n) is 5.06. The number of hydrogen-bond donors (Lipinski definition) is 0. The van der Waals surface area contributed by atoms with Crippen molar-refractivity contribution in [2.75, 3.05) is 0 Å². The number of benzene rings is 4. The van der Waals surface area contributed by atoms with Gasteiger partial charge in [-0.3, -0.25) is 4.57 Å². The molecule has 0 amide bonds. The average Bonchev–Trinajstić information content (AvgIpc) is 3.53. The lowest BCUT2D eigenvalue weighted by molar-refractivity contribution is 0.590. The van der Waals surface area contributed by atoms with Crippen LogP contribution >= 0.6 is 0 Å². The summed E-state index contributed by atoms with van der Waals surface area (Å²) in [6.45, 7) is 10.5. The summed E-state index contributed by atoms with van der Waals surface area (Å²) in [6.07, 6.45) is 0.284. The van der Waals surface area contributed by atoms with Crippen LogP contribution in [0.25, 0.3) is 50.2 Å². The molecule has 0 bridgehead atoms. The molecule has 0 aliphatic heterocycles. The Kier molecular flexibility index (Phi) is 5.38. The number of fused-ring (bicyclic) bond motifs is 2. The van der Waals surface area contributed by atoms with Crippen molar-refractivity contribution in [3.63, 3.8) is 0 Å². The highest BCUT2D eigenvalue weighted by atomic mass is 16.3. The predicted octanol–water partition coefficient (Wildman–Crippen LogP) is 9.60. The van der Waals surface area contributed by atoms with Crippen molar-refractivity contribution in [3.8, 4) is 28.2 Å². The Labute approximate surface area is 227 Å². The lowest BCUT2D eigenvalue weighted by Gasteiger charge is -2.19. The van der Waals surface area contributed by atoms with E-state index in [1.54, 1.807) is 6.26 Å². The third-order valence-electron chi connectivity index (χ3n) is 7.04. The molecule has 6 aromatic rings. The molecule has 2 heterocycles. The fourth-order valence-corrected chi connectivity index (χ4v) is 5.06. The van der Waals surface area contributed by atoms with Gasteiger partial charge in [0.05, 0.1) is 16.6 Å². The zero-order valence-corrected chi connectivity index (χ0v) is 22.6. The van der Waals surface area contributed by atoms with Crippen molar-refractivity contribution < 1.29 is 7.16 Å². The SMILES string of the molecule is [2H]C([2H])(c1ccc2occ(-c3nc4ccccc4n3-c3ccc(-c4ccc(C(C)(C)C)cc4)cc3)c2c1)C(C)C. The second-order valence-electron chi connectivity index (χ2n) is 11.3. The number of imidazole rings is 1. The van der Waals surface area contributed by atoms with Gasteiger partial charge in [-0.1, -0.05) is 89.2 Å². The minimum absolute atomic E-state index is 0.122. The first kappa shape index (κ1) is 21.9. The molecule has 0 unspecified atom stereocenters. The van der Waals surface area contributed by atoms with E-state index in [2.05, 4.69) is 79.9 Å². The van der Waals surface area contributed by atoms with Gasteiger partial charge >= 0.3 is 0 Å². The lowest BCUT2D eigenvalue weighted by Crippen LogP contribution is -2.10. The van der Waals surface area contributed by atoms with Crippen LogP contribution in [0.4, 0.5) is 0 Å². The minimum atomic E-state index is -1.45. The largest absolute Gasteiger partial charge is 0.464 e. The Hall–Kier alpha value is -4.11. The summed E-state index contributed by atoms with van der Waals surface area (Å²) in [7, 11) is 0. The first-order chi connectivity index (χ1) is 19.0. The highest BCUT2D eigenvalue weighted by Crippen LogP contribution is 2.36. The van der Waals surface area contributed by atoms with E-state index in [0.717, 1.165) is 39.1 Å². The third kappa shape index (κ3) is 4.43. The summed E-state index contributed by atoms with van der Waals surface area (Å²) in [6, 6.07) is 31.1. The smallest absolute Gasteiger partial charge is 0.149 e. The molecule has 4 aromatic carbocycles. The topological polar surface area (TPSA) is 31.0 Å². The van der Waals surface area contributed by atoms with E-state index >= 15 is 0 Å². The van der Waals surface area contributed by atoms with Crippen molar-refractivity contribution in [2.24, 2.45) is 5.92 Å². The minimum Gasteiger partial charge on any atom is -0.464 e. The average molecular weight is 501 g/mol. The maximum Gasteiger partial charge on any atom is 0.149 e. The van der Waals surface area contributed by atoms with E-state index in [4.69, 9.17) is 12.1 Å². The Bertz CT molecular complexity index is 1820. The molecule has 0 N–H and O–H groups in total. The van der Waals surface area contributed by atoms with Crippen LogP contribution in [0.5, 0.6) is 0 Å². The monoisotopic (exact) mass is 500 g/mol. The van der Waals surface area contributed by atoms with E-state index in [1.807, 2.05) is 50.2 Å². The predicted molar refractivity (Wildman–Crippen MR) is 159 cm³/mol. The van der Waals surface area contributed by atoms with Gasteiger partial charge in [0.2, 0.25) is 0 Å². The molecule has 38 heavy (non-hydrogen) atoms. The van der Waals surface area contributed by atoms with Gasteiger partial charge in [0, 0.05) is 13.8 Å². The summed E-state index contributed by atoms with van der Waals surface area (Å²) in [4.78, 5) is 5.03. The first-order valence-corrected chi connectivity index (χ1v) is 13.2. The first-order valence-electron chi connectivity index (χ1n) is 14.2. The van der Waals surface area contributed by atoms with Crippen molar-refractivity contribution in [3.05, 3.63) is 108 Å². The van der Waals surface area contributed by atoms with Crippen molar-refractivity contribution >= 4 is 22.0 Å². The molecule has 3 nitrogen and oxygen atoms in total. The van der Waals surface area contributed by atoms with E-state index in [9.17, 15) is 0 Å². The number of nitrogens with zero attached hydrogens (tertiary/aromatic N) is 2. The normalized spacial score (nSPS) is 13.3. The molecule has 0 radical (unpaired) electrons. The zero-order valence-electron chi connectivity index (χ0n) is 24.6. The number of aromatic nitrogens is 2. The highest BCUT2D eigenvalue weighted by molar-refractivity contribution is 5.95. The Morgan fingerprint density at radius 2 is 1.55 bits per heavy atom. The van der Waals surface area contributed by atoms with Gasteiger partial charge in [0.15, 0.2) is 0 Å². The van der Waals surface area contributed by atoms with E-state index in [0.29, 0.717) is 11.1 Å². The van der Waals surface area contributed by atoms with Crippen molar-refractivity contribution in [1.29, 1.82) is 0 Å². The second-order valence-corrected chi connectivity index (χ2v) is 11.3. The van der Waals surface area contributed by atoms with Gasteiger partial charge < -0.3 is 4.42 Å². The van der Waals surface area contributed by atoms with Gasteiger partial charge in [-0.25, -0.2) is 4.98 Å². The fraction of sp³-hybridized carbons (Fsp3) is 0.229. The number of rotatable bonds is 5. The Morgan fingerprint density at radius 3 is 2.24 bits per heavy atom. The molecule has 0 saturated carbocycles. The molecule has 0 fully saturated rings. The van der Waals surface area contributed by atoms with E-state index in [-0.39, 0.29) is 11.3 Å². The van der Waals surface area contributed by atoms with Crippen LogP contribution in [-0.4, -0.2) is 9.55 Å². The quantitative estimate of drug-likeness (QED) is 0.236. The summed E-state index contributed by atoms with van der Waals surface area (Å²) < 4.78 is 25.4. The molecule has 0 spiro atoms. The summed E-state index contributed by atoms with van der Waals surface area (Å²) >= 11 is 0. The van der Waals surface area contributed by atoms with Gasteiger partial charge in [0.1, 0.15) is 17.7 Å². The third-order valence-corrected chi connectivity index (χ3v) is 7.04. The van der Waals surface area contributed by atoms with E-state index in [1.165, 1.54) is 11.1 Å². The summed E-state index contributed by atoms with van der Waals surface area (Å²) in [5, 5.41) is 0.856. The van der Waals surface area contributed by atoms with Gasteiger partial charge in [-0.2, -0.15) is 0 Å². The molecular weight excluding hydrogens is 464 g/mol. The van der Waals surface area contributed by atoms with Crippen LogP contribution in [0.1, 0.15) is 48.5 Å². The maximum absolute atomic E-state index is 8.64. The van der Waals surface area contributed by atoms with Crippen molar-refractivity contribution in [2.45, 2.75) is 46.4 Å². The Morgan fingerprint density at radius 1 is 0.868 bits per heavy atom.